The van der Waals surface area contributed by atoms with E-state index in [-0.39, 0.29) is 0 Å². The van der Waals surface area contributed by atoms with Crippen LogP contribution in [0.15, 0.2) is 42.9 Å². The van der Waals surface area contributed by atoms with Crippen molar-refractivity contribution < 1.29 is 0 Å². The van der Waals surface area contributed by atoms with E-state index in [1.54, 1.807) is 0 Å². The molecule has 0 aliphatic heterocycles. The molecule has 0 aliphatic rings. The Labute approximate surface area is 84.2 Å². The zero-order valence-electron chi connectivity index (χ0n) is 8.22. The number of nitrogens with zero attached hydrogens (tertiary/aromatic N) is 2. The van der Waals surface area contributed by atoms with Crippen molar-refractivity contribution in [3.05, 3.63) is 60.5 Å². The van der Waals surface area contributed by atoms with E-state index in [0.29, 0.717) is 0 Å². The highest BCUT2D eigenvalue weighted by molar-refractivity contribution is 5.17. The van der Waals surface area contributed by atoms with E-state index in [4.69, 9.17) is 0 Å². The Hall–Kier alpha value is -1.57. The maximum Gasteiger partial charge on any atom is 0.0951 e. The predicted molar refractivity (Wildman–Crippen MR) is 56.8 cm³/mol. The summed E-state index contributed by atoms with van der Waals surface area (Å²) in [6.45, 7) is 2.92. The molecule has 1 heterocycles. The van der Waals surface area contributed by atoms with Gasteiger partial charge in [-0.2, -0.15) is 0 Å². The topological polar surface area (TPSA) is 17.8 Å². The third kappa shape index (κ3) is 1.84. The van der Waals surface area contributed by atoms with Gasteiger partial charge in [0.25, 0.3) is 0 Å². The van der Waals surface area contributed by atoms with Gasteiger partial charge in [-0.1, -0.05) is 37.3 Å². The number of benzene rings is 1. The van der Waals surface area contributed by atoms with Crippen molar-refractivity contribution in [1.82, 2.24) is 9.55 Å². The monoisotopic (exact) mass is 185 g/mol. The van der Waals surface area contributed by atoms with Gasteiger partial charge in [-0.05, 0) is 5.56 Å². The molecule has 14 heavy (non-hydrogen) atoms. The fourth-order valence-electron chi connectivity index (χ4n) is 1.48. The number of imidazole rings is 1. The molecule has 71 valence electrons. The van der Waals surface area contributed by atoms with Crippen LogP contribution in [0.4, 0.5) is 0 Å². The quantitative estimate of drug-likeness (QED) is 0.718. The first-order chi connectivity index (χ1) is 6.90. The second kappa shape index (κ2) is 4.09. The summed E-state index contributed by atoms with van der Waals surface area (Å²) in [6.07, 6.45) is 5.81. The lowest BCUT2D eigenvalue weighted by atomic mass is 10.2. The number of aromatic nitrogens is 2. The molecule has 2 rings (SSSR count). The highest BCUT2D eigenvalue weighted by atomic mass is 15.0. The lowest BCUT2D eigenvalue weighted by molar-refractivity contribution is 0.775. The summed E-state index contributed by atoms with van der Waals surface area (Å²) in [4.78, 5) is 4.12. The van der Waals surface area contributed by atoms with Crippen LogP contribution in [-0.2, 0) is 6.54 Å². The molecule has 1 radical (unpaired) electrons. The molecule has 0 bridgehead atoms. The summed E-state index contributed by atoms with van der Waals surface area (Å²) < 4.78 is 2.13. The molecule has 0 N–H and O–H groups in total. The SMILES string of the molecule is C[CH]c1cncn1Cc1ccccc1. The first kappa shape index (κ1) is 9.00. The Balaban J connectivity index is 2.19. The van der Waals surface area contributed by atoms with Crippen molar-refractivity contribution in [2.45, 2.75) is 13.5 Å². The van der Waals surface area contributed by atoms with Crippen LogP contribution in [0.1, 0.15) is 18.2 Å². The number of hydrogen-bond acceptors (Lipinski definition) is 1. The van der Waals surface area contributed by atoms with E-state index in [2.05, 4.69) is 40.2 Å². The van der Waals surface area contributed by atoms with Crippen LogP contribution < -0.4 is 0 Å². The van der Waals surface area contributed by atoms with Crippen LogP contribution in [0.5, 0.6) is 0 Å². The van der Waals surface area contributed by atoms with Crippen LogP contribution in [0.3, 0.4) is 0 Å². The van der Waals surface area contributed by atoms with Crippen molar-refractivity contribution >= 4 is 0 Å². The third-order valence-electron chi connectivity index (χ3n) is 2.24. The Morgan fingerprint density at radius 1 is 1.29 bits per heavy atom. The second-order valence-corrected chi connectivity index (χ2v) is 3.22. The van der Waals surface area contributed by atoms with E-state index in [0.717, 1.165) is 12.2 Å². The molecule has 2 nitrogen and oxygen atoms in total. The molecular formula is C12H13N2. The Morgan fingerprint density at radius 2 is 2.07 bits per heavy atom. The molecule has 0 saturated carbocycles. The molecule has 2 aromatic rings. The Morgan fingerprint density at radius 3 is 2.79 bits per heavy atom. The largest absolute Gasteiger partial charge is 0.330 e. The lowest BCUT2D eigenvalue weighted by Crippen LogP contribution is -2.00. The van der Waals surface area contributed by atoms with Crippen molar-refractivity contribution in [1.29, 1.82) is 0 Å². The minimum atomic E-state index is 0.889. The predicted octanol–water partition coefficient (Wildman–Crippen LogP) is 2.50. The fourth-order valence-corrected chi connectivity index (χ4v) is 1.48. The molecule has 2 heteroatoms. The summed E-state index contributed by atoms with van der Waals surface area (Å²) in [5.41, 5.74) is 2.46. The fraction of sp³-hybridized carbons (Fsp3) is 0.167. The van der Waals surface area contributed by atoms with Crippen LogP contribution in [0, 0.1) is 6.42 Å². The van der Waals surface area contributed by atoms with E-state index in [1.807, 2.05) is 25.5 Å². The molecule has 0 atom stereocenters. The molecule has 0 amide bonds. The van der Waals surface area contributed by atoms with Crippen LogP contribution in [0.25, 0.3) is 0 Å². The van der Waals surface area contributed by atoms with Crippen molar-refractivity contribution in [3.63, 3.8) is 0 Å². The van der Waals surface area contributed by atoms with Gasteiger partial charge in [0.2, 0.25) is 0 Å². The number of hydrogen-bond donors (Lipinski definition) is 0. The average Bonchev–Trinajstić information content (AvgIpc) is 2.67. The van der Waals surface area contributed by atoms with Gasteiger partial charge in [-0.3, -0.25) is 0 Å². The highest BCUT2D eigenvalue weighted by Crippen LogP contribution is 2.07. The molecule has 0 spiro atoms. The minimum Gasteiger partial charge on any atom is -0.330 e. The average molecular weight is 185 g/mol. The van der Waals surface area contributed by atoms with E-state index in [1.165, 1.54) is 5.56 Å². The molecule has 1 aromatic heterocycles. The highest BCUT2D eigenvalue weighted by Gasteiger charge is 1.99. The van der Waals surface area contributed by atoms with E-state index >= 15 is 0 Å². The third-order valence-corrected chi connectivity index (χ3v) is 2.24. The zero-order valence-corrected chi connectivity index (χ0v) is 8.22. The summed E-state index contributed by atoms with van der Waals surface area (Å²) in [7, 11) is 0. The smallest absolute Gasteiger partial charge is 0.0951 e. The van der Waals surface area contributed by atoms with Crippen LogP contribution >= 0.6 is 0 Å². The number of rotatable bonds is 3. The first-order valence-electron chi connectivity index (χ1n) is 4.73. The van der Waals surface area contributed by atoms with Gasteiger partial charge in [0.05, 0.1) is 6.33 Å². The molecule has 1 aromatic carbocycles. The minimum absolute atomic E-state index is 0.889. The van der Waals surface area contributed by atoms with Crippen LogP contribution in [0.2, 0.25) is 0 Å². The molecule has 0 aliphatic carbocycles. The normalized spacial score (nSPS) is 10.4. The van der Waals surface area contributed by atoms with Gasteiger partial charge in [0, 0.05) is 24.9 Å². The van der Waals surface area contributed by atoms with Gasteiger partial charge in [-0.15, -0.1) is 0 Å². The second-order valence-electron chi connectivity index (χ2n) is 3.22. The van der Waals surface area contributed by atoms with Crippen molar-refractivity contribution in [2.24, 2.45) is 0 Å². The molecule has 0 unspecified atom stereocenters. The molecule has 0 fully saturated rings. The summed E-state index contributed by atoms with van der Waals surface area (Å²) >= 11 is 0. The standard InChI is InChI=1S/C12H13N2/c1-2-12-8-13-10-14(12)9-11-6-4-3-5-7-11/h2-8,10H,9H2,1H3. The molecule has 0 saturated heterocycles. The lowest BCUT2D eigenvalue weighted by Gasteiger charge is -2.05. The van der Waals surface area contributed by atoms with Gasteiger partial charge in [0.15, 0.2) is 0 Å². The van der Waals surface area contributed by atoms with Gasteiger partial charge in [0.1, 0.15) is 0 Å². The van der Waals surface area contributed by atoms with Gasteiger partial charge >= 0.3 is 0 Å². The Bertz CT molecular complexity index is 390. The zero-order chi connectivity index (χ0) is 9.80. The molecular weight excluding hydrogens is 172 g/mol. The van der Waals surface area contributed by atoms with E-state index < -0.39 is 0 Å². The summed E-state index contributed by atoms with van der Waals surface area (Å²) in [5.74, 6) is 0. The van der Waals surface area contributed by atoms with E-state index in [9.17, 15) is 0 Å². The summed E-state index contributed by atoms with van der Waals surface area (Å²) in [5, 5.41) is 0. The van der Waals surface area contributed by atoms with Gasteiger partial charge in [-0.25, -0.2) is 4.98 Å². The van der Waals surface area contributed by atoms with Crippen molar-refractivity contribution in [3.8, 4) is 0 Å². The first-order valence-corrected chi connectivity index (χ1v) is 4.73. The van der Waals surface area contributed by atoms with Crippen LogP contribution in [-0.4, -0.2) is 9.55 Å². The van der Waals surface area contributed by atoms with Gasteiger partial charge < -0.3 is 4.57 Å². The maximum atomic E-state index is 4.12. The van der Waals surface area contributed by atoms with Crippen molar-refractivity contribution in [2.75, 3.05) is 0 Å². The Kier molecular flexibility index (Phi) is 2.63. The maximum absolute atomic E-state index is 4.12. The summed E-state index contributed by atoms with van der Waals surface area (Å²) in [6, 6.07) is 10.4.